The molecule has 2 fully saturated rings. The molecule has 0 aliphatic heterocycles. The van der Waals surface area contributed by atoms with E-state index >= 15 is 0 Å². The molecule has 1 heterocycles. The zero-order valence-corrected chi connectivity index (χ0v) is 22.4. The van der Waals surface area contributed by atoms with E-state index in [-0.39, 0.29) is 24.2 Å². The summed E-state index contributed by atoms with van der Waals surface area (Å²) >= 11 is 0. The minimum absolute atomic E-state index is 0.0708. The number of halogens is 3. The summed E-state index contributed by atoms with van der Waals surface area (Å²) in [7, 11) is 0. The number of anilines is 1. The third kappa shape index (κ3) is 6.21. The van der Waals surface area contributed by atoms with Gasteiger partial charge < -0.3 is 10.4 Å². The van der Waals surface area contributed by atoms with Crippen LogP contribution in [0.1, 0.15) is 79.0 Å². The van der Waals surface area contributed by atoms with Crippen molar-refractivity contribution in [1.82, 2.24) is 4.98 Å². The second-order valence-electron chi connectivity index (χ2n) is 11.2. The second-order valence-corrected chi connectivity index (χ2v) is 11.2. The van der Waals surface area contributed by atoms with Crippen LogP contribution in [0, 0.1) is 18.8 Å². The van der Waals surface area contributed by atoms with Crippen LogP contribution in [-0.4, -0.2) is 22.0 Å². The predicted octanol–water partition coefficient (Wildman–Crippen LogP) is 7.96. The Hall–Kier alpha value is -3.68. The van der Waals surface area contributed by atoms with E-state index in [1.807, 2.05) is 37.3 Å². The Bertz CT molecular complexity index is 1380. The van der Waals surface area contributed by atoms with Crippen LogP contribution in [0.4, 0.5) is 18.9 Å². The van der Waals surface area contributed by atoms with Gasteiger partial charge in [-0.05, 0) is 84.7 Å². The number of hydrogen-bond acceptors (Lipinski definition) is 3. The molecule has 5 rings (SSSR count). The highest BCUT2D eigenvalue weighted by Crippen LogP contribution is 2.46. The Balaban J connectivity index is 1.40. The molecule has 0 radical (unpaired) electrons. The molecule has 2 aromatic carbocycles. The summed E-state index contributed by atoms with van der Waals surface area (Å²) in [5, 5.41) is 12.6. The molecule has 40 heavy (non-hydrogen) atoms. The van der Waals surface area contributed by atoms with E-state index in [0.717, 1.165) is 67.5 Å². The van der Waals surface area contributed by atoms with Crippen molar-refractivity contribution in [2.45, 2.75) is 69.9 Å². The van der Waals surface area contributed by atoms with Crippen LogP contribution in [0.5, 0.6) is 0 Å². The molecule has 0 spiro atoms. The lowest BCUT2D eigenvalue weighted by molar-refractivity contribution is -0.138. The number of aliphatic carboxylic acids is 1. The highest BCUT2D eigenvalue weighted by atomic mass is 19.4. The molecular formula is C32H33F3N2O3. The van der Waals surface area contributed by atoms with Gasteiger partial charge in [0.05, 0.1) is 17.9 Å². The summed E-state index contributed by atoms with van der Waals surface area (Å²) in [6.45, 7) is 1.94. The minimum atomic E-state index is -4.48. The average molecular weight is 551 g/mol. The minimum Gasteiger partial charge on any atom is -0.481 e. The van der Waals surface area contributed by atoms with Gasteiger partial charge in [-0.2, -0.15) is 13.2 Å². The number of alkyl halides is 3. The summed E-state index contributed by atoms with van der Waals surface area (Å²) < 4.78 is 39.5. The normalized spacial score (nSPS) is 17.4. The Morgan fingerprint density at radius 1 is 0.975 bits per heavy atom. The summed E-state index contributed by atoms with van der Waals surface area (Å²) in [4.78, 5) is 29.1. The van der Waals surface area contributed by atoms with Gasteiger partial charge in [0.1, 0.15) is 0 Å². The molecule has 5 nitrogen and oxygen atoms in total. The number of carboxylic acids is 1. The molecule has 2 saturated carbocycles. The first-order valence-corrected chi connectivity index (χ1v) is 13.9. The fourth-order valence-corrected chi connectivity index (χ4v) is 6.18. The summed E-state index contributed by atoms with van der Waals surface area (Å²) in [6.07, 6.45) is 3.80. The predicted molar refractivity (Wildman–Crippen MR) is 147 cm³/mol. The monoisotopic (exact) mass is 550 g/mol. The maximum Gasteiger partial charge on any atom is 0.417 e. The van der Waals surface area contributed by atoms with Crippen molar-refractivity contribution in [3.63, 3.8) is 0 Å². The van der Waals surface area contributed by atoms with Gasteiger partial charge in [0.2, 0.25) is 5.91 Å². The highest BCUT2D eigenvalue weighted by molar-refractivity contribution is 5.97. The van der Waals surface area contributed by atoms with Crippen molar-refractivity contribution in [2.24, 2.45) is 11.8 Å². The highest BCUT2D eigenvalue weighted by Gasteiger charge is 2.36. The molecule has 2 aliphatic rings. The quantitative estimate of drug-likeness (QED) is 0.283. The van der Waals surface area contributed by atoms with Gasteiger partial charge >= 0.3 is 12.1 Å². The molecule has 2 N–H and O–H groups in total. The summed E-state index contributed by atoms with van der Waals surface area (Å²) in [5.41, 5.74) is 3.54. The Morgan fingerprint density at radius 3 is 2.30 bits per heavy atom. The molecule has 1 amide bonds. The summed E-state index contributed by atoms with van der Waals surface area (Å²) in [6, 6.07) is 13.9. The van der Waals surface area contributed by atoms with Gasteiger partial charge in [-0.1, -0.05) is 49.2 Å². The van der Waals surface area contributed by atoms with Crippen LogP contribution in [-0.2, 0) is 15.8 Å². The molecule has 2 atom stereocenters. The van der Waals surface area contributed by atoms with Crippen LogP contribution in [0.2, 0.25) is 0 Å². The number of hydrogen-bond donors (Lipinski definition) is 2. The molecule has 8 heteroatoms. The number of benzene rings is 2. The van der Waals surface area contributed by atoms with Crippen LogP contribution in [0.3, 0.4) is 0 Å². The fraction of sp³-hybridized carbons (Fsp3) is 0.406. The topological polar surface area (TPSA) is 79.3 Å². The standard InChI is InChI=1S/C32H33F3N2O3/c1-19-26(27(16-29(38)39)21-11-12-21)7-4-8-28(19)37-31(40)30(22-5-2-3-6-22)23-13-9-20(10-14-23)24-15-25(18-36-17-24)32(33,34)35/h4,7-10,13-15,17-18,21-22,27,30H,2-3,5-6,11-12,16H2,1H3,(H,37,40)(H,38,39). The van der Waals surface area contributed by atoms with Gasteiger partial charge in [0, 0.05) is 23.6 Å². The number of nitrogens with zero attached hydrogens (tertiary/aromatic N) is 1. The number of nitrogens with one attached hydrogen (secondary N) is 1. The van der Waals surface area contributed by atoms with Crippen LogP contribution >= 0.6 is 0 Å². The van der Waals surface area contributed by atoms with E-state index < -0.39 is 23.6 Å². The van der Waals surface area contributed by atoms with Gasteiger partial charge in [-0.3, -0.25) is 14.6 Å². The maximum absolute atomic E-state index is 13.8. The van der Waals surface area contributed by atoms with E-state index in [4.69, 9.17) is 0 Å². The number of carbonyl (C=O) groups is 2. The number of amides is 1. The van der Waals surface area contributed by atoms with Crippen molar-refractivity contribution in [3.05, 3.63) is 83.2 Å². The first-order valence-electron chi connectivity index (χ1n) is 13.9. The molecule has 3 aromatic rings. The lowest BCUT2D eigenvalue weighted by Crippen LogP contribution is -2.27. The van der Waals surface area contributed by atoms with Gasteiger partial charge in [0.15, 0.2) is 0 Å². The Kier molecular flexibility index (Phi) is 7.97. The Morgan fingerprint density at radius 2 is 1.68 bits per heavy atom. The number of carboxylic acid groups (broad SMARTS) is 1. The number of rotatable bonds is 9. The van der Waals surface area contributed by atoms with Crippen molar-refractivity contribution in [1.29, 1.82) is 0 Å². The first-order chi connectivity index (χ1) is 19.1. The third-order valence-corrected chi connectivity index (χ3v) is 8.44. The van der Waals surface area contributed by atoms with E-state index in [1.54, 1.807) is 12.1 Å². The molecular weight excluding hydrogens is 517 g/mol. The fourth-order valence-electron chi connectivity index (χ4n) is 6.18. The lowest BCUT2D eigenvalue weighted by Gasteiger charge is -2.25. The molecule has 0 saturated heterocycles. The van der Waals surface area contributed by atoms with Crippen molar-refractivity contribution in [3.8, 4) is 11.1 Å². The zero-order chi connectivity index (χ0) is 28.4. The molecule has 1 aromatic heterocycles. The molecule has 2 unspecified atom stereocenters. The lowest BCUT2D eigenvalue weighted by atomic mass is 9.83. The first kappa shape index (κ1) is 27.9. The van der Waals surface area contributed by atoms with Crippen molar-refractivity contribution >= 4 is 17.6 Å². The Labute approximate surface area is 231 Å². The number of aromatic nitrogens is 1. The largest absolute Gasteiger partial charge is 0.481 e. The maximum atomic E-state index is 13.8. The van der Waals surface area contributed by atoms with E-state index in [0.29, 0.717) is 22.7 Å². The summed E-state index contributed by atoms with van der Waals surface area (Å²) in [5.74, 6) is -0.901. The average Bonchev–Trinajstić information content (AvgIpc) is 3.63. The van der Waals surface area contributed by atoms with E-state index in [9.17, 15) is 27.9 Å². The van der Waals surface area contributed by atoms with Gasteiger partial charge in [-0.15, -0.1) is 0 Å². The van der Waals surface area contributed by atoms with Crippen LogP contribution in [0.25, 0.3) is 11.1 Å². The zero-order valence-electron chi connectivity index (χ0n) is 22.4. The number of pyridine rings is 1. The van der Waals surface area contributed by atoms with Crippen molar-refractivity contribution < 1.29 is 27.9 Å². The third-order valence-electron chi connectivity index (χ3n) is 8.44. The van der Waals surface area contributed by atoms with E-state index in [1.165, 1.54) is 6.20 Å². The molecule has 0 bridgehead atoms. The number of carbonyl (C=O) groups excluding carboxylic acids is 1. The second kappa shape index (κ2) is 11.4. The van der Waals surface area contributed by atoms with Gasteiger partial charge in [-0.25, -0.2) is 0 Å². The SMILES string of the molecule is Cc1c(NC(=O)C(c2ccc(-c3cncc(C(F)(F)F)c3)cc2)C2CCCC2)cccc1C(CC(=O)O)C1CC1. The van der Waals surface area contributed by atoms with Crippen LogP contribution < -0.4 is 5.32 Å². The van der Waals surface area contributed by atoms with Crippen molar-refractivity contribution in [2.75, 3.05) is 5.32 Å². The smallest absolute Gasteiger partial charge is 0.417 e. The van der Waals surface area contributed by atoms with E-state index in [2.05, 4.69) is 10.3 Å². The molecule has 210 valence electrons. The molecule has 2 aliphatic carbocycles. The van der Waals surface area contributed by atoms with Gasteiger partial charge in [0.25, 0.3) is 0 Å². The van der Waals surface area contributed by atoms with Crippen LogP contribution in [0.15, 0.2) is 60.9 Å².